The predicted octanol–water partition coefficient (Wildman–Crippen LogP) is 5.51. The normalized spacial score (nSPS) is 18.8. The number of carbonyl (C=O) groups excluding carboxylic acids is 2. The molecule has 5 rings (SSSR count). The van der Waals surface area contributed by atoms with Gasteiger partial charge in [0.05, 0.1) is 32.0 Å². The van der Waals surface area contributed by atoms with Crippen LogP contribution in [0.15, 0.2) is 47.6 Å². The van der Waals surface area contributed by atoms with Gasteiger partial charge >= 0.3 is 5.24 Å². The van der Waals surface area contributed by atoms with Gasteiger partial charge in [0.25, 0.3) is 0 Å². The molecule has 9 heteroatoms. The number of likely N-dealkylation sites (tertiary alicyclic amines) is 1. The lowest BCUT2D eigenvalue weighted by atomic mass is 10.1. The van der Waals surface area contributed by atoms with Crippen molar-refractivity contribution < 1.29 is 19.1 Å². The van der Waals surface area contributed by atoms with Crippen LogP contribution in [0.3, 0.4) is 0 Å². The van der Waals surface area contributed by atoms with Gasteiger partial charge in [-0.25, -0.2) is 5.01 Å². The number of hydrazone groups is 1. The first-order valence-corrected chi connectivity index (χ1v) is 14.5. The number of hydrogen-bond donors (Lipinski definition) is 1. The molecule has 1 saturated heterocycles. The van der Waals surface area contributed by atoms with Gasteiger partial charge in [0.15, 0.2) is 11.5 Å². The fraction of sp³-hybridized carbons (Fsp3) is 0.483. The maximum atomic E-state index is 12.7. The summed E-state index contributed by atoms with van der Waals surface area (Å²) in [6, 6.07) is 13.5. The van der Waals surface area contributed by atoms with Gasteiger partial charge in [-0.2, -0.15) is 5.10 Å². The van der Waals surface area contributed by atoms with Crippen LogP contribution >= 0.6 is 11.8 Å². The van der Waals surface area contributed by atoms with Gasteiger partial charge in [0.2, 0.25) is 5.91 Å². The first kappa shape index (κ1) is 26.6. The quantitative estimate of drug-likeness (QED) is 0.455. The van der Waals surface area contributed by atoms with Crippen molar-refractivity contribution in [3.63, 3.8) is 0 Å². The number of carbonyl (C=O) groups is 2. The Morgan fingerprint density at radius 2 is 1.79 bits per heavy atom. The summed E-state index contributed by atoms with van der Waals surface area (Å²) in [4.78, 5) is 27.3. The Morgan fingerprint density at radius 1 is 1.03 bits per heavy atom. The van der Waals surface area contributed by atoms with Crippen molar-refractivity contribution >= 4 is 34.3 Å². The Balaban J connectivity index is 1.23. The molecule has 1 N–H and O–H groups in total. The highest BCUT2D eigenvalue weighted by Crippen LogP contribution is 2.33. The first-order chi connectivity index (χ1) is 18.6. The second-order valence-electron chi connectivity index (χ2n) is 10.1. The zero-order chi connectivity index (χ0) is 26.3. The maximum Gasteiger partial charge on any atom is 0.302 e. The number of nitrogens with zero attached hydrogens (tertiary/aromatic N) is 3. The molecule has 2 amide bonds. The Hall–Kier alpha value is -3.04. The van der Waals surface area contributed by atoms with E-state index >= 15 is 0 Å². The first-order valence-electron chi connectivity index (χ1n) is 13.6. The third kappa shape index (κ3) is 6.88. The molecule has 38 heavy (non-hydrogen) atoms. The van der Waals surface area contributed by atoms with Gasteiger partial charge in [-0.3, -0.25) is 14.5 Å². The molecule has 0 aromatic heterocycles. The van der Waals surface area contributed by atoms with Crippen molar-refractivity contribution in [1.82, 2.24) is 9.91 Å². The Kier molecular flexibility index (Phi) is 8.86. The lowest BCUT2D eigenvalue weighted by molar-refractivity contribution is -0.117. The van der Waals surface area contributed by atoms with Gasteiger partial charge in [0.1, 0.15) is 0 Å². The second-order valence-corrected chi connectivity index (χ2v) is 11.1. The smallest absolute Gasteiger partial charge is 0.302 e. The van der Waals surface area contributed by atoms with Crippen LogP contribution < -0.4 is 14.8 Å². The summed E-state index contributed by atoms with van der Waals surface area (Å²) >= 11 is 1.25. The van der Waals surface area contributed by atoms with E-state index in [4.69, 9.17) is 14.6 Å². The topological polar surface area (TPSA) is 83.5 Å². The molecule has 1 aliphatic carbocycles. The summed E-state index contributed by atoms with van der Waals surface area (Å²) in [6.07, 6.45) is 8.30. The highest BCUT2D eigenvalue weighted by atomic mass is 32.2. The highest BCUT2D eigenvalue weighted by molar-refractivity contribution is 8.14. The second kappa shape index (κ2) is 12.7. The highest BCUT2D eigenvalue weighted by Gasteiger charge is 2.24. The monoisotopic (exact) mass is 536 g/mol. The van der Waals surface area contributed by atoms with Crippen LogP contribution in [0, 0.1) is 0 Å². The van der Waals surface area contributed by atoms with Gasteiger partial charge in [-0.05, 0) is 87.5 Å². The molecule has 0 bridgehead atoms. The van der Waals surface area contributed by atoms with Crippen LogP contribution in [0.1, 0.15) is 56.1 Å². The summed E-state index contributed by atoms with van der Waals surface area (Å²) in [5, 5.41) is 9.11. The molecule has 1 saturated carbocycles. The zero-order valence-electron chi connectivity index (χ0n) is 22.0. The minimum absolute atomic E-state index is 0.00673. The van der Waals surface area contributed by atoms with Crippen molar-refractivity contribution in [1.29, 1.82) is 0 Å². The third-order valence-corrected chi connectivity index (χ3v) is 8.14. The number of nitrogens with one attached hydrogen (secondary N) is 1. The van der Waals surface area contributed by atoms with Crippen LogP contribution in [-0.4, -0.2) is 65.4 Å². The number of thioether (sulfide) groups is 1. The molecule has 0 spiro atoms. The minimum atomic E-state index is -0.0800. The van der Waals surface area contributed by atoms with Crippen molar-refractivity contribution in [2.75, 3.05) is 37.8 Å². The van der Waals surface area contributed by atoms with Crippen LogP contribution in [0.2, 0.25) is 0 Å². The molecule has 2 fully saturated rings. The number of ether oxygens (including phenoxy) is 2. The average Bonchev–Trinajstić information content (AvgIpc) is 3.45. The number of benzene rings is 2. The molecule has 0 radical (unpaired) electrons. The van der Waals surface area contributed by atoms with Gasteiger partial charge in [0, 0.05) is 17.0 Å². The fourth-order valence-corrected chi connectivity index (χ4v) is 5.92. The average molecular weight is 537 g/mol. The summed E-state index contributed by atoms with van der Waals surface area (Å²) < 4.78 is 11.8. The summed E-state index contributed by atoms with van der Waals surface area (Å²) in [5.74, 6) is 1.95. The predicted molar refractivity (Wildman–Crippen MR) is 151 cm³/mol. The van der Waals surface area contributed by atoms with Crippen molar-refractivity contribution in [2.45, 2.75) is 57.6 Å². The van der Waals surface area contributed by atoms with E-state index in [-0.39, 0.29) is 17.3 Å². The summed E-state index contributed by atoms with van der Waals surface area (Å²) in [5.41, 5.74) is 3.45. The van der Waals surface area contributed by atoms with Crippen LogP contribution in [0.5, 0.6) is 11.5 Å². The number of piperidine rings is 1. The molecular formula is C29H36N4O4S. The fourth-order valence-electron chi connectivity index (χ4n) is 5.18. The minimum Gasteiger partial charge on any atom is -0.493 e. The van der Waals surface area contributed by atoms with E-state index in [1.54, 1.807) is 7.11 Å². The van der Waals surface area contributed by atoms with Gasteiger partial charge in [-0.15, -0.1) is 0 Å². The Bertz CT molecular complexity index is 1160. The van der Waals surface area contributed by atoms with Crippen LogP contribution in [-0.2, 0) is 11.3 Å². The molecular weight excluding hydrogens is 500 g/mol. The van der Waals surface area contributed by atoms with Crippen molar-refractivity contribution in [3.05, 3.63) is 53.6 Å². The number of rotatable bonds is 9. The molecule has 0 unspecified atom stereocenters. The van der Waals surface area contributed by atoms with E-state index < -0.39 is 0 Å². The largest absolute Gasteiger partial charge is 0.493 e. The van der Waals surface area contributed by atoms with E-state index in [1.165, 1.54) is 36.0 Å². The molecule has 2 heterocycles. The Labute approximate surface area is 228 Å². The number of anilines is 1. The van der Waals surface area contributed by atoms with Crippen LogP contribution in [0.4, 0.5) is 10.5 Å². The zero-order valence-corrected chi connectivity index (χ0v) is 22.8. The number of amides is 2. The van der Waals surface area contributed by atoms with E-state index in [0.29, 0.717) is 24.6 Å². The van der Waals surface area contributed by atoms with Crippen molar-refractivity contribution in [3.8, 4) is 11.5 Å². The lowest BCUT2D eigenvalue weighted by Crippen LogP contribution is -2.36. The number of methoxy groups -OCH3 is 1. The van der Waals surface area contributed by atoms with Crippen molar-refractivity contribution in [2.24, 2.45) is 5.10 Å². The van der Waals surface area contributed by atoms with E-state index in [1.807, 2.05) is 42.5 Å². The third-order valence-electron chi connectivity index (χ3n) is 7.26. The van der Waals surface area contributed by atoms with E-state index in [2.05, 4.69) is 10.2 Å². The number of hydrogen-bond acceptors (Lipinski definition) is 7. The molecule has 2 aromatic rings. The molecule has 8 nitrogen and oxygen atoms in total. The SMILES string of the molecule is COc1ccc(C2=NN(Cc3ccc(NC(=O)CN4CCCCC4)cc3)C(=O)SC2)cc1OC1CCCC1. The Morgan fingerprint density at radius 3 is 2.53 bits per heavy atom. The van der Waals surface area contributed by atoms with E-state index in [9.17, 15) is 9.59 Å². The van der Waals surface area contributed by atoms with Gasteiger partial charge in [-0.1, -0.05) is 30.3 Å². The molecule has 2 aliphatic heterocycles. The lowest BCUT2D eigenvalue weighted by Gasteiger charge is -2.25. The standard InChI is InChI=1S/C29H36N4O4S/c1-36-26-14-11-22(17-27(26)37-24-7-3-4-8-24)25-20-38-29(35)33(31-25)18-21-9-12-23(13-10-21)30-28(34)19-32-15-5-2-6-16-32/h9-14,17,24H,2-8,15-16,18-20H2,1H3,(H,30,34). The molecule has 202 valence electrons. The summed E-state index contributed by atoms with van der Waals surface area (Å²) in [7, 11) is 1.65. The van der Waals surface area contributed by atoms with Gasteiger partial charge < -0.3 is 14.8 Å². The molecule has 3 aliphatic rings. The molecule has 2 aromatic carbocycles. The van der Waals surface area contributed by atoms with Crippen LogP contribution in [0.25, 0.3) is 0 Å². The maximum absolute atomic E-state index is 12.7. The summed E-state index contributed by atoms with van der Waals surface area (Å²) in [6.45, 7) is 2.76. The van der Waals surface area contributed by atoms with E-state index in [0.717, 1.165) is 67.0 Å². The molecule has 0 atom stereocenters.